The Hall–Kier alpha value is -1.87. The predicted octanol–water partition coefficient (Wildman–Crippen LogP) is 2.95. The highest BCUT2D eigenvalue weighted by molar-refractivity contribution is 7.88. The van der Waals surface area contributed by atoms with Crippen LogP contribution in [0.5, 0.6) is 0 Å². The number of hydrogen-bond donors (Lipinski definition) is 1. The van der Waals surface area contributed by atoms with Gasteiger partial charge >= 0.3 is 0 Å². The summed E-state index contributed by atoms with van der Waals surface area (Å²) in [5, 5.41) is 0.512. The largest absolute Gasteiger partial charge is 0.216 e. The van der Waals surface area contributed by atoms with E-state index >= 15 is 0 Å². The molecule has 2 aromatic rings. The van der Waals surface area contributed by atoms with Gasteiger partial charge in [-0.05, 0) is 29.8 Å². The summed E-state index contributed by atoms with van der Waals surface area (Å²) in [6.45, 7) is -0.0388. The fourth-order valence-electron chi connectivity index (χ4n) is 1.75. The Morgan fingerprint density at radius 3 is 2.64 bits per heavy atom. The van der Waals surface area contributed by atoms with Crippen LogP contribution in [0.4, 0.5) is 4.39 Å². The Kier molecular flexibility index (Phi) is 5.56. The summed E-state index contributed by atoms with van der Waals surface area (Å²) in [5.41, 5.74) is 1.01. The molecule has 0 aliphatic rings. The lowest BCUT2D eigenvalue weighted by atomic mass is 10.2. The second kappa shape index (κ2) is 7.41. The normalized spacial score (nSPS) is 10.8. The number of nitrogens with one attached hydrogen (secondary N) is 1. The van der Waals surface area contributed by atoms with Gasteiger partial charge in [-0.3, -0.25) is 0 Å². The van der Waals surface area contributed by atoms with Crippen molar-refractivity contribution < 1.29 is 12.8 Å². The summed E-state index contributed by atoms with van der Waals surface area (Å²) < 4.78 is 39.1. The van der Waals surface area contributed by atoms with E-state index in [0.29, 0.717) is 16.1 Å². The lowest BCUT2D eigenvalue weighted by Gasteiger charge is -2.04. The number of benzene rings is 2. The van der Waals surface area contributed by atoms with Gasteiger partial charge < -0.3 is 0 Å². The number of hydrogen-bond acceptors (Lipinski definition) is 2. The van der Waals surface area contributed by atoms with Crippen LogP contribution in [0.3, 0.4) is 0 Å². The van der Waals surface area contributed by atoms with Gasteiger partial charge in [0.15, 0.2) is 0 Å². The van der Waals surface area contributed by atoms with Crippen molar-refractivity contribution in [3.8, 4) is 11.8 Å². The lowest BCUT2D eigenvalue weighted by molar-refractivity contribution is 0.584. The molecule has 0 amide bonds. The standard InChI is InChI=1S/C16H13ClFNO2S/c17-16-9-2-1-6-14(16)7-4-10-19-22(20,21)12-13-5-3-8-15(18)11-13/h1-3,5-6,8-9,11,19H,10,12H2. The quantitative estimate of drug-likeness (QED) is 0.872. The van der Waals surface area contributed by atoms with Crippen molar-refractivity contribution >= 4 is 21.6 Å². The second-order valence-corrected chi connectivity index (χ2v) is 6.71. The molecule has 0 aromatic heterocycles. The highest BCUT2D eigenvalue weighted by atomic mass is 35.5. The van der Waals surface area contributed by atoms with Crippen LogP contribution >= 0.6 is 11.6 Å². The fraction of sp³-hybridized carbons (Fsp3) is 0.125. The van der Waals surface area contributed by atoms with Gasteiger partial charge in [0.05, 0.1) is 17.3 Å². The molecule has 0 aliphatic carbocycles. The van der Waals surface area contributed by atoms with Crippen LogP contribution in [0, 0.1) is 17.7 Å². The van der Waals surface area contributed by atoms with Crippen LogP contribution < -0.4 is 4.72 Å². The smallest absolute Gasteiger partial charge is 0.212 e. The van der Waals surface area contributed by atoms with E-state index in [9.17, 15) is 12.8 Å². The van der Waals surface area contributed by atoms with E-state index in [1.54, 1.807) is 30.3 Å². The molecule has 0 saturated carbocycles. The zero-order valence-electron chi connectivity index (χ0n) is 11.5. The maximum absolute atomic E-state index is 13.0. The summed E-state index contributed by atoms with van der Waals surface area (Å²) in [5.74, 6) is 4.73. The van der Waals surface area contributed by atoms with E-state index in [4.69, 9.17) is 11.6 Å². The molecule has 0 heterocycles. The van der Waals surface area contributed by atoms with Gasteiger partial charge in [-0.15, -0.1) is 0 Å². The number of halogens is 2. The molecular formula is C16H13ClFNO2S. The van der Waals surface area contributed by atoms with Gasteiger partial charge in [0.2, 0.25) is 10.0 Å². The number of rotatable bonds is 4. The van der Waals surface area contributed by atoms with Crippen LogP contribution in [0.15, 0.2) is 48.5 Å². The third kappa shape index (κ3) is 5.15. The van der Waals surface area contributed by atoms with Crippen LogP contribution in [0.2, 0.25) is 5.02 Å². The van der Waals surface area contributed by atoms with Crippen LogP contribution in [-0.2, 0) is 15.8 Å². The molecule has 2 rings (SSSR count). The van der Waals surface area contributed by atoms with Crippen molar-refractivity contribution in [3.05, 3.63) is 70.5 Å². The third-order valence-electron chi connectivity index (χ3n) is 2.72. The minimum Gasteiger partial charge on any atom is -0.212 e. The first-order valence-corrected chi connectivity index (χ1v) is 8.44. The van der Waals surface area contributed by atoms with Crippen molar-refractivity contribution in [3.63, 3.8) is 0 Å². The van der Waals surface area contributed by atoms with Crippen LogP contribution in [0.1, 0.15) is 11.1 Å². The summed E-state index contributed by atoms with van der Waals surface area (Å²) in [6, 6.07) is 12.5. The predicted molar refractivity (Wildman–Crippen MR) is 85.4 cm³/mol. The molecule has 1 N–H and O–H groups in total. The summed E-state index contributed by atoms with van der Waals surface area (Å²) in [7, 11) is -3.57. The minimum atomic E-state index is -3.57. The van der Waals surface area contributed by atoms with Gasteiger partial charge in [-0.2, -0.15) is 0 Å². The Morgan fingerprint density at radius 2 is 1.91 bits per heavy atom. The van der Waals surface area contributed by atoms with Gasteiger partial charge in [0, 0.05) is 5.56 Å². The molecule has 3 nitrogen and oxygen atoms in total. The third-order valence-corrected chi connectivity index (χ3v) is 4.35. The first kappa shape index (κ1) is 16.5. The van der Waals surface area contributed by atoms with Crippen molar-refractivity contribution in [2.24, 2.45) is 0 Å². The molecule has 0 bridgehead atoms. The number of sulfonamides is 1. The maximum atomic E-state index is 13.0. The molecule has 0 unspecified atom stereocenters. The minimum absolute atomic E-state index is 0.0388. The molecular weight excluding hydrogens is 325 g/mol. The fourth-order valence-corrected chi connectivity index (χ4v) is 2.94. The Bertz CT molecular complexity index is 825. The van der Waals surface area contributed by atoms with E-state index in [1.807, 2.05) is 0 Å². The first-order valence-electron chi connectivity index (χ1n) is 6.41. The zero-order valence-corrected chi connectivity index (χ0v) is 13.1. The molecule has 22 heavy (non-hydrogen) atoms. The summed E-state index contributed by atoms with van der Waals surface area (Å²) in [4.78, 5) is 0. The lowest BCUT2D eigenvalue weighted by Crippen LogP contribution is -2.25. The monoisotopic (exact) mass is 337 g/mol. The van der Waals surface area contributed by atoms with E-state index in [-0.39, 0.29) is 12.3 Å². The van der Waals surface area contributed by atoms with Gasteiger partial charge in [0.1, 0.15) is 5.82 Å². The molecule has 0 atom stereocenters. The molecule has 2 aromatic carbocycles. The van der Waals surface area contributed by atoms with Crippen molar-refractivity contribution in [1.82, 2.24) is 4.72 Å². The van der Waals surface area contributed by atoms with E-state index < -0.39 is 15.8 Å². The molecule has 0 spiro atoms. The SMILES string of the molecule is O=S(=O)(Cc1cccc(F)c1)NCC#Cc1ccccc1Cl. The van der Waals surface area contributed by atoms with Crippen molar-refractivity contribution in [2.45, 2.75) is 5.75 Å². The van der Waals surface area contributed by atoms with Crippen LogP contribution in [-0.4, -0.2) is 15.0 Å². The summed E-state index contributed by atoms with van der Waals surface area (Å²) in [6.07, 6.45) is 0. The Balaban J connectivity index is 1.95. The van der Waals surface area contributed by atoms with Gasteiger partial charge in [-0.25, -0.2) is 17.5 Å². The van der Waals surface area contributed by atoms with Crippen molar-refractivity contribution in [1.29, 1.82) is 0 Å². The van der Waals surface area contributed by atoms with Crippen molar-refractivity contribution in [2.75, 3.05) is 6.54 Å². The topological polar surface area (TPSA) is 46.2 Å². The second-order valence-electron chi connectivity index (χ2n) is 4.49. The molecule has 0 fully saturated rings. The first-order chi connectivity index (χ1) is 10.5. The molecule has 0 saturated heterocycles. The maximum Gasteiger partial charge on any atom is 0.216 e. The highest BCUT2D eigenvalue weighted by Gasteiger charge is 2.10. The molecule has 6 heteroatoms. The molecule has 0 aliphatic heterocycles. The Morgan fingerprint density at radius 1 is 1.14 bits per heavy atom. The van der Waals surface area contributed by atoms with Gasteiger partial charge in [-0.1, -0.05) is 47.7 Å². The highest BCUT2D eigenvalue weighted by Crippen LogP contribution is 2.12. The average Bonchev–Trinajstić information content (AvgIpc) is 2.45. The van der Waals surface area contributed by atoms with E-state index in [0.717, 1.165) is 0 Å². The summed E-state index contributed by atoms with van der Waals surface area (Å²) >= 11 is 5.94. The Labute approximate surface area is 134 Å². The van der Waals surface area contributed by atoms with E-state index in [1.165, 1.54) is 18.2 Å². The zero-order chi connectivity index (χ0) is 16.0. The van der Waals surface area contributed by atoms with Crippen LogP contribution in [0.25, 0.3) is 0 Å². The van der Waals surface area contributed by atoms with E-state index in [2.05, 4.69) is 16.6 Å². The molecule has 0 radical (unpaired) electrons. The molecule has 114 valence electrons. The average molecular weight is 338 g/mol. The van der Waals surface area contributed by atoms with Gasteiger partial charge in [0.25, 0.3) is 0 Å².